The second-order valence-corrected chi connectivity index (χ2v) is 6.28. The Balaban J connectivity index is 1.70. The number of carbonyl (C=O) groups excluding carboxylic acids is 1. The number of nitrogens with zero attached hydrogens (tertiary/aromatic N) is 2. The molecule has 0 aliphatic rings. The predicted molar refractivity (Wildman–Crippen MR) is 97.6 cm³/mol. The largest absolute Gasteiger partial charge is 0.331 e. The van der Waals surface area contributed by atoms with Gasteiger partial charge in [-0.05, 0) is 48.6 Å². The van der Waals surface area contributed by atoms with Crippen molar-refractivity contribution in [3.05, 3.63) is 52.0 Å². The van der Waals surface area contributed by atoms with E-state index in [2.05, 4.69) is 19.4 Å². The van der Waals surface area contributed by atoms with Crippen LogP contribution in [-0.4, -0.2) is 19.8 Å². The lowest BCUT2D eigenvalue weighted by molar-refractivity contribution is 0.0978. The van der Waals surface area contributed by atoms with E-state index in [9.17, 15) is 4.79 Å². The molecule has 0 fully saturated rings. The third-order valence-electron chi connectivity index (χ3n) is 2.92. The van der Waals surface area contributed by atoms with Crippen molar-refractivity contribution in [1.82, 2.24) is 14.1 Å². The summed E-state index contributed by atoms with van der Waals surface area (Å²) in [6, 6.07) is 9.99. The van der Waals surface area contributed by atoms with E-state index in [-0.39, 0.29) is 11.0 Å². The summed E-state index contributed by atoms with van der Waals surface area (Å²) in [4.78, 5) is 12.2. The fraction of sp³-hybridized carbons (Fsp3) is 0. The van der Waals surface area contributed by atoms with Crippen LogP contribution in [0.1, 0.15) is 10.4 Å². The summed E-state index contributed by atoms with van der Waals surface area (Å²) in [5.74, 6) is -0.345. The van der Waals surface area contributed by atoms with Gasteiger partial charge in [0.25, 0.3) is 5.91 Å². The number of nitrogens with one attached hydrogen (secondary N) is 2. The summed E-state index contributed by atoms with van der Waals surface area (Å²) in [6.07, 6.45) is 0. The molecule has 0 saturated carbocycles. The summed E-state index contributed by atoms with van der Waals surface area (Å²) >= 11 is 18.1. The molecule has 1 amide bonds. The Morgan fingerprint density at radius 3 is 2.65 bits per heavy atom. The maximum absolute atomic E-state index is 12.2. The Labute approximate surface area is 150 Å². The Morgan fingerprint density at radius 1 is 1.09 bits per heavy atom. The highest BCUT2D eigenvalue weighted by atomic mass is 35.5. The van der Waals surface area contributed by atoms with Gasteiger partial charge in [-0.2, -0.15) is 8.75 Å². The van der Waals surface area contributed by atoms with Crippen LogP contribution in [0.15, 0.2) is 36.4 Å². The molecule has 0 spiro atoms. The lowest BCUT2D eigenvalue weighted by atomic mass is 10.2. The highest BCUT2D eigenvalue weighted by Crippen LogP contribution is 2.25. The topological polar surface area (TPSA) is 66.9 Å². The molecule has 2 aromatic carbocycles. The molecule has 0 bridgehead atoms. The normalized spacial score (nSPS) is 10.5. The molecule has 5 nitrogen and oxygen atoms in total. The van der Waals surface area contributed by atoms with E-state index in [0.717, 1.165) is 17.2 Å². The van der Waals surface area contributed by atoms with Crippen LogP contribution in [0.5, 0.6) is 0 Å². The molecule has 3 aromatic rings. The van der Waals surface area contributed by atoms with E-state index in [0.29, 0.717) is 26.8 Å². The third-order valence-corrected chi connectivity index (χ3v) is 4.23. The van der Waals surface area contributed by atoms with Crippen molar-refractivity contribution >= 4 is 74.9 Å². The molecule has 2 N–H and O–H groups in total. The maximum atomic E-state index is 12.2. The first-order valence-corrected chi connectivity index (χ1v) is 8.22. The van der Waals surface area contributed by atoms with E-state index in [1.807, 2.05) is 0 Å². The van der Waals surface area contributed by atoms with Gasteiger partial charge in [0, 0.05) is 10.6 Å². The van der Waals surface area contributed by atoms with Gasteiger partial charge in [0.15, 0.2) is 5.11 Å². The number of carbonyl (C=O) groups is 1. The maximum Gasteiger partial charge on any atom is 0.257 e. The van der Waals surface area contributed by atoms with Crippen LogP contribution in [0, 0.1) is 0 Å². The molecule has 0 atom stereocenters. The van der Waals surface area contributed by atoms with Gasteiger partial charge in [0.05, 0.1) is 22.4 Å². The first-order valence-electron chi connectivity index (χ1n) is 6.32. The fourth-order valence-corrected chi connectivity index (χ4v) is 3.02. The van der Waals surface area contributed by atoms with Crippen molar-refractivity contribution < 1.29 is 4.79 Å². The Morgan fingerprint density at radius 2 is 1.87 bits per heavy atom. The van der Waals surface area contributed by atoms with Crippen LogP contribution < -0.4 is 10.6 Å². The quantitative estimate of drug-likeness (QED) is 0.652. The van der Waals surface area contributed by atoms with Crippen molar-refractivity contribution in [2.45, 2.75) is 0 Å². The number of aromatic nitrogens is 2. The van der Waals surface area contributed by atoms with Crippen molar-refractivity contribution in [2.75, 3.05) is 5.32 Å². The van der Waals surface area contributed by atoms with Gasteiger partial charge in [-0.1, -0.05) is 23.2 Å². The molecule has 23 heavy (non-hydrogen) atoms. The minimum atomic E-state index is -0.345. The fourth-order valence-electron chi connectivity index (χ4n) is 1.84. The second-order valence-electron chi connectivity index (χ2n) is 4.50. The molecule has 1 heterocycles. The Kier molecular flexibility index (Phi) is 4.72. The lowest BCUT2D eigenvalue weighted by Crippen LogP contribution is -2.34. The first-order chi connectivity index (χ1) is 11.0. The number of halogens is 2. The lowest BCUT2D eigenvalue weighted by Gasteiger charge is -2.11. The Hall–Kier alpha value is -1.80. The summed E-state index contributed by atoms with van der Waals surface area (Å²) in [5.41, 5.74) is 2.42. The minimum Gasteiger partial charge on any atom is -0.331 e. The van der Waals surface area contributed by atoms with Crippen LogP contribution in [0.3, 0.4) is 0 Å². The van der Waals surface area contributed by atoms with Gasteiger partial charge in [-0.15, -0.1) is 0 Å². The van der Waals surface area contributed by atoms with E-state index in [1.54, 1.807) is 36.4 Å². The number of hydrogen-bond donors (Lipinski definition) is 2. The van der Waals surface area contributed by atoms with E-state index >= 15 is 0 Å². The van der Waals surface area contributed by atoms with Gasteiger partial charge in [0.1, 0.15) is 11.0 Å². The summed E-state index contributed by atoms with van der Waals surface area (Å²) in [5, 5.41) is 6.50. The standard InChI is InChI=1S/C14H8Cl2N4OS2/c15-8-2-4-10(9(16)6-8)17-14(22)18-13(21)7-1-3-11-12(5-7)20-23-19-11/h1-6H,(H2,17,18,21,22). The Bertz CT molecular complexity index is 913. The molecular formula is C14H8Cl2N4OS2. The zero-order chi connectivity index (χ0) is 16.4. The second kappa shape index (κ2) is 6.76. The van der Waals surface area contributed by atoms with Gasteiger partial charge >= 0.3 is 0 Å². The van der Waals surface area contributed by atoms with Gasteiger partial charge < -0.3 is 5.32 Å². The molecule has 0 aliphatic heterocycles. The van der Waals surface area contributed by atoms with Crippen LogP contribution in [0.4, 0.5) is 5.69 Å². The summed E-state index contributed by atoms with van der Waals surface area (Å²) in [6.45, 7) is 0. The van der Waals surface area contributed by atoms with Gasteiger partial charge in [0.2, 0.25) is 0 Å². The number of benzene rings is 2. The highest BCUT2D eigenvalue weighted by Gasteiger charge is 2.11. The van der Waals surface area contributed by atoms with Crippen LogP contribution >= 0.6 is 47.1 Å². The molecule has 116 valence electrons. The van der Waals surface area contributed by atoms with Crippen LogP contribution in [0.25, 0.3) is 11.0 Å². The minimum absolute atomic E-state index is 0.135. The van der Waals surface area contributed by atoms with Gasteiger partial charge in [-0.3, -0.25) is 10.1 Å². The number of fused-ring (bicyclic) bond motifs is 1. The number of amides is 1. The highest BCUT2D eigenvalue weighted by molar-refractivity contribution is 7.80. The molecule has 3 rings (SSSR count). The van der Waals surface area contributed by atoms with Crippen LogP contribution in [0.2, 0.25) is 10.0 Å². The summed E-state index contributed by atoms with van der Waals surface area (Å²) < 4.78 is 8.19. The number of hydrogen-bond acceptors (Lipinski definition) is 5. The number of thiocarbonyl (C=S) groups is 1. The zero-order valence-corrected chi connectivity index (χ0v) is 14.5. The third kappa shape index (κ3) is 3.76. The molecule has 0 unspecified atom stereocenters. The van der Waals surface area contributed by atoms with E-state index in [4.69, 9.17) is 35.4 Å². The van der Waals surface area contributed by atoms with Crippen molar-refractivity contribution in [2.24, 2.45) is 0 Å². The van der Waals surface area contributed by atoms with Crippen molar-refractivity contribution in [3.63, 3.8) is 0 Å². The van der Waals surface area contributed by atoms with Crippen LogP contribution in [-0.2, 0) is 0 Å². The average molecular weight is 383 g/mol. The van der Waals surface area contributed by atoms with E-state index < -0.39 is 0 Å². The molecule has 1 aromatic heterocycles. The molecule has 0 aliphatic carbocycles. The van der Waals surface area contributed by atoms with Gasteiger partial charge in [-0.25, -0.2) is 0 Å². The summed E-state index contributed by atoms with van der Waals surface area (Å²) in [7, 11) is 0. The SMILES string of the molecule is O=C(NC(=S)Nc1ccc(Cl)cc1Cl)c1ccc2nsnc2c1. The molecule has 0 radical (unpaired) electrons. The smallest absolute Gasteiger partial charge is 0.257 e. The number of rotatable bonds is 2. The predicted octanol–water partition coefficient (Wildman–Crippen LogP) is 4.12. The zero-order valence-electron chi connectivity index (χ0n) is 11.3. The molecular weight excluding hydrogens is 375 g/mol. The molecule has 0 saturated heterocycles. The number of anilines is 1. The molecule has 9 heteroatoms. The monoisotopic (exact) mass is 382 g/mol. The van der Waals surface area contributed by atoms with Crippen molar-refractivity contribution in [1.29, 1.82) is 0 Å². The van der Waals surface area contributed by atoms with Crippen molar-refractivity contribution in [3.8, 4) is 0 Å². The van der Waals surface area contributed by atoms with E-state index in [1.165, 1.54) is 0 Å². The first kappa shape index (κ1) is 16.1. The average Bonchev–Trinajstić information content (AvgIpc) is 2.97.